The van der Waals surface area contributed by atoms with E-state index in [0.29, 0.717) is 16.5 Å². The first-order valence-electron chi connectivity index (χ1n) is 10.5. The van der Waals surface area contributed by atoms with Gasteiger partial charge in [0.25, 0.3) is 5.91 Å². The molecule has 1 saturated carbocycles. The molecule has 1 heterocycles. The first-order valence-corrected chi connectivity index (χ1v) is 10.9. The highest BCUT2D eigenvalue weighted by atomic mass is 35.5. The van der Waals surface area contributed by atoms with Crippen LogP contribution in [0.5, 0.6) is 23.0 Å². The van der Waals surface area contributed by atoms with Gasteiger partial charge in [-0.2, -0.15) is 0 Å². The predicted molar refractivity (Wildman–Crippen MR) is 120 cm³/mol. The highest BCUT2D eigenvalue weighted by molar-refractivity contribution is 6.32. The van der Waals surface area contributed by atoms with Crippen molar-refractivity contribution in [1.29, 1.82) is 0 Å². The van der Waals surface area contributed by atoms with E-state index in [4.69, 9.17) is 30.5 Å². The Morgan fingerprint density at radius 1 is 1.15 bits per heavy atom. The van der Waals surface area contributed by atoms with Crippen LogP contribution < -0.4 is 19.5 Å². The van der Waals surface area contributed by atoms with Crippen LogP contribution in [-0.4, -0.2) is 54.4 Å². The zero-order valence-electron chi connectivity index (χ0n) is 18.8. The van der Waals surface area contributed by atoms with E-state index in [0.717, 1.165) is 12.8 Å². The SMILES string of the molecule is COc1cc(O[C@H](C2CC2)[C@H](C)OC(=O)[C@H](C)NC(=O)c2nccc(OC)c2O)ccc1Cl. The lowest BCUT2D eigenvalue weighted by atomic mass is 10.1. The number of methoxy groups -OCH3 is 2. The van der Waals surface area contributed by atoms with E-state index in [1.54, 1.807) is 25.1 Å². The van der Waals surface area contributed by atoms with E-state index < -0.39 is 29.8 Å². The molecule has 0 unspecified atom stereocenters. The first-order chi connectivity index (χ1) is 15.7. The molecule has 1 aromatic carbocycles. The van der Waals surface area contributed by atoms with Crippen LogP contribution >= 0.6 is 11.6 Å². The van der Waals surface area contributed by atoms with Crippen molar-refractivity contribution in [3.8, 4) is 23.0 Å². The number of carbonyl (C=O) groups excluding carboxylic acids is 2. The van der Waals surface area contributed by atoms with Gasteiger partial charge in [0, 0.05) is 18.3 Å². The summed E-state index contributed by atoms with van der Waals surface area (Å²) in [6, 6.07) is 5.52. The Hall–Kier alpha value is -3.20. The largest absolute Gasteiger partial charge is 0.503 e. The monoisotopic (exact) mass is 478 g/mol. The van der Waals surface area contributed by atoms with Crippen LogP contribution in [0.2, 0.25) is 5.02 Å². The van der Waals surface area contributed by atoms with E-state index in [1.807, 2.05) is 0 Å². The highest BCUT2D eigenvalue weighted by Crippen LogP contribution is 2.38. The van der Waals surface area contributed by atoms with Gasteiger partial charge in [-0.3, -0.25) is 4.79 Å². The molecule has 1 fully saturated rings. The van der Waals surface area contributed by atoms with Gasteiger partial charge >= 0.3 is 5.97 Å². The molecule has 2 N–H and O–H groups in total. The summed E-state index contributed by atoms with van der Waals surface area (Å²) in [4.78, 5) is 29.0. The number of aromatic nitrogens is 1. The van der Waals surface area contributed by atoms with Crippen molar-refractivity contribution < 1.29 is 33.6 Å². The van der Waals surface area contributed by atoms with Crippen LogP contribution in [0.15, 0.2) is 30.5 Å². The molecule has 0 radical (unpaired) electrons. The fraction of sp³-hybridized carbons (Fsp3) is 0.435. The number of halogens is 1. The molecular formula is C23H27ClN2O7. The van der Waals surface area contributed by atoms with Gasteiger partial charge in [0.05, 0.1) is 19.2 Å². The van der Waals surface area contributed by atoms with Crippen molar-refractivity contribution in [2.45, 2.75) is 44.9 Å². The quantitative estimate of drug-likeness (QED) is 0.499. The van der Waals surface area contributed by atoms with Crippen LogP contribution in [0.25, 0.3) is 0 Å². The summed E-state index contributed by atoms with van der Waals surface area (Å²) >= 11 is 6.07. The summed E-state index contributed by atoms with van der Waals surface area (Å²) in [5, 5.41) is 13.0. The lowest BCUT2D eigenvalue weighted by Crippen LogP contribution is -2.43. The van der Waals surface area contributed by atoms with Crippen LogP contribution in [-0.2, 0) is 9.53 Å². The van der Waals surface area contributed by atoms with Gasteiger partial charge < -0.3 is 29.4 Å². The van der Waals surface area contributed by atoms with Crippen molar-refractivity contribution in [1.82, 2.24) is 10.3 Å². The number of aromatic hydroxyl groups is 1. The number of benzene rings is 1. The Balaban J connectivity index is 1.62. The van der Waals surface area contributed by atoms with Crippen molar-refractivity contribution in [3.05, 3.63) is 41.2 Å². The average molecular weight is 479 g/mol. The standard InChI is InChI=1S/C23H27ClN2O7/c1-12(26-22(28)19-20(27)17(30-3)9-10-25-19)23(29)32-13(2)21(14-5-6-14)33-15-7-8-16(24)18(11-15)31-4/h7-14,21,27H,5-6H2,1-4H3,(H,26,28)/t12-,13-,21-/m0/s1. The molecule has 2 aromatic rings. The van der Waals surface area contributed by atoms with Crippen LogP contribution in [0.1, 0.15) is 37.2 Å². The lowest BCUT2D eigenvalue weighted by Gasteiger charge is -2.26. The number of esters is 1. The van der Waals surface area contributed by atoms with Gasteiger partial charge in [-0.25, -0.2) is 9.78 Å². The van der Waals surface area contributed by atoms with E-state index in [1.165, 1.54) is 33.4 Å². The zero-order valence-corrected chi connectivity index (χ0v) is 19.6. The number of nitrogens with zero attached hydrogens (tertiary/aromatic N) is 1. The molecule has 1 amide bonds. The average Bonchev–Trinajstić information content (AvgIpc) is 3.63. The fourth-order valence-electron chi connectivity index (χ4n) is 3.31. The number of nitrogens with one attached hydrogen (secondary N) is 1. The zero-order chi connectivity index (χ0) is 24.1. The number of pyridine rings is 1. The second-order valence-corrected chi connectivity index (χ2v) is 8.17. The van der Waals surface area contributed by atoms with Crippen molar-refractivity contribution in [2.75, 3.05) is 14.2 Å². The van der Waals surface area contributed by atoms with Gasteiger partial charge in [-0.1, -0.05) is 11.6 Å². The second kappa shape index (κ2) is 10.6. The lowest BCUT2D eigenvalue weighted by molar-refractivity contribution is -0.155. The molecular weight excluding hydrogens is 452 g/mol. The maximum atomic E-state index is 12.6. The van der Waals surface area contributed by atoms with Crippen molar-refractivity contribution in [2.24, 2.45) is 5.92 Å². The minimum absolute atomic E-state index is 0.0993. The minimum Gasteiger partial charge on any atom is -0.503 e. The summed E-state index contributed by atoms with van der Waals surface area (Å²) < 4.78 is 21.9. The Labute approximate surface area is 197 Å². The van der Waals surface area contributed by atoms with E-state index in [9.17, 15) is 14.7 Å². The Morgan fingerprint density at radius 3 is 2.48 bits per heavy atom. The summed E-state index contributed by atoms with van der Waals surface area (Å²) in [6.45, 7) is 3.24. The Morgan fingerprint density at radius 2 is 1.85 bits per heavy atom. The molecule has 1 aliphatic rings. The van der Waals surface area contributed by atoms with E-state index in [-0.39, 0.29) is 23.5 Å². The number of amides is 1. The number of hydrogen-bond donors (Lipinski definition) is 2. The molecule has 178 valence electrons. The van der Waals surface area contributed by atoms with Gasteiger partial charge in [0.1, 0.15) is 29.7 Å². The van der Waals surface area contributed by atoms with Gasteiger partial charge in [-0.05, 0) is 44.7 Å². The molecule has 0 bridgehead atoms. The topological polar surface area (TPSA) is 116 Å². The second-order valence-electron chi connectivity index (χ2n) is 7.76. The number of hydrogen-bond acceptors (Lipinski definition) is 8. The Kier molecular flexibility index (Phi) is 7.86. The molecule has 9 nitrogen and oxygen atoms in total. The molecule has 1 aromatic heterocycles. The summed E-state index contributed by atoms with van der Waals surface area (Å²) in [6.07, 6.45) is 2.30. The highest BCUT2D eigenvalue weighted by Gasteiger charge is 2.39. The molecule has 0 aliphatic heterocycles. The first kappa shape index (κ1) is 24.4. The van der Waals surface area contributed by atoms with E-state index in [2.05, 4.69) is 10.3 Å². The van der Waals surface area contributed by atoms with Crippen molar-refractivity contribution >= 4 is 23.5 Å². The molecule has 1 aliphatic carbocycles. The minimum atomic E-state index is -0.983. The van der Waals surface area contributed by atoms with Crippen molar-refractivity contribution in [3.63, 3.8) is 0 Å². The third-order valence-electron chi connectivity index (χ3n) is 5.27. The number of ether oxygens (including phenoxy) is 4. The fourth-order valence-corrected chi connectivity index (χ4v) is 3.51. The van der Waals surface area contributed by atoms with Crippen LogP contribution in [0, 0.1) is 5.92 Å². The number of carbonyl (C=O) groups is 2. The predicted octanol–water partition coefficient (Wildman–Crippen LogP) is 3.37. The molecule has 33 heavy (non-hydrogen) atoms. The third-order valence-corrected chi connectivity index (χ3v) is 5.58. The maximum Gasteiger partial charge on any atom is 0.328 e. The van der Waals surface area contributed by atoms with Gasteiger partial charge in [0.15, 0.2) is 17.2 Å². The molecule has 0 saturated heterocycles. The normalized spacial score (nSPS) is 15.7. The molecule has 3 atom stereocenters. The van der Waals surface area contributed by atoms with Crippen LogP contribution in [0.4, 0.5) is 0 Å². The van der Waals surface area contributed by atoms with Crippen LogP contribution in [0.3, 0.4) is 0 Å². The summed E-state index contributed by atoms with van der Waals surface area (Å²) in [7, 11) is 2.88. The summed E-state index contributed by atoms with van der Waals surface area (Å²) in [5.74, 6) is -0.393. The smallest absolute Gasteiger partial charge is 0.328 e. The summed E-state index contributed by atoms with van der Waals surface area (Å²) in [5.41, 5.74) is -0.252. The molecule has 0 spiro atoms. The Bertz CT molecular complexity index is 1010. The third kappa shape index (κ3) is 5.98. The van der Waals surface area contributed by atoms with Gasteiger partial charge in [-0.15, -0.1) is 0 Å². The molecule has 10 heteroatoms. The van der Waals surface area contributed by atoms with E-state index >= 15 is 0 Å². The maximum absolute atomic E-state index is 12.6. The van der Waals surface area contributed by atoms with Gasteiger partial charge in [0.2, 0.25) is 0 Å². The molecule has 3 rings (SSSR count). The number of rotatable bonds is 10.